The molecule has 0 saturated carbocycles. The summed E-state index contributed by atoms with van der Waals surface area (Å²) in [7, 11) is 0. The molecule has 0 aromatic heterocycles. The molecule has 2 aromatic rings. The molecular weight excluding hydrogens is 270 g/mol. The van der Waals surface area contributed by atoms with Gasteiger partial charge in [0.25, 0.3) is 5.91 Å². The van der Waals surface area contributed by atoms with E-state index in [0.29, 0.717) is 0 Å². The predicted molar refractivity (Wildman–Crippen MR) is 92.1 cm³/mol. The van der Waals surface area contributed by atoms with Gasteiger partial charge in [-0.2, -0.15) is 0 Å². The van der Waals surface area contributed by atoms with Gasteiger partial charge >= 0.3 is 0 Å². The first kappa shape index (κ1) is 15.1. The number of nitrogens with zero attached hydrogens (tertiary/aromatic N) is 1. The third-order valence-corrected chi connectivity index (χ3v) is 4.86. The van der Waals surface area contributed by atoms with Crippen molar-refractivity contribution in [2.75, 3.05) is 13.1 Å². The molecule has 1 heterocycles. The van der Waals surface area contributed by atoms with E-state index in [4.69, 9.17) is 0 Å². The standard InChI is InChI=1S/C20H25NO/c1-2-3-6-16-11-13-21(14-12-16)20(22)19-10-9-17-7-4-5-8-18(17)15-19/h4-5,7-10,15-16H,2-3,6,11-14H2,1H3. The van der Waals surface area contributed by atoms with E-state index in [1.165, 1.54) is 37.5 Å². The summed E-state index contributed by atoms with van der Waals surface area (Å²) >= 11 is 0. The molecule has 22 heavy (non-hydrogen) atoms. The Bertz CT molecular complexity index is 641. The van der Waals surface area contributed by atoms with Crippen molar-refractivity contribution in [2.24, 2.45) is 5.92 Å². The molecule has 1 aliphatic rings. The van der Waals surface area contributed by atoms with Crippen LogP contribution < -0.4 is 0 Å². The number of hydrogen-bond donors (Lipinski definition) is 0. The van der Waals surface area contributed by atoms with Crippen LogP contribution in [0.3, 0.4) is 0 Å². The zero-order valence-electron chi connectivity index (χ0n) is 13.4. The lowest BCUT2D eigenvalue weighted by atomic mass is 9.91. The van der Waals surface area contributed by atoms with Crippen molar-refractivity contribution in [3.05, 3.63) is 48.0 Å². The smallest absolute Gasteiger partial charge is 0.253 e. The van der Waals surface area contributed by atoms with Crippen LogP contribution in [0.2, 0.25) is 0 Å². The zero-order valence-corrected chi connectivity index (χ0v) is 13.4. The minimum absolute atomic E-state index is 0.194. The Kier molecular flexibility index (Phi) is 4.77. The van der Waals surface area contributed by atoms with Gasteiger partial charge in [-0.15, -0.1) is 0 Å². The van der Waals surface area contributed by atoms with Crippen molar-refractivity contribution < 1.29 is 4.79 Å². The van der Waals surface area contributed by atoms with Crippen molar-refractivity contribution >= 4 is 16.7 Å². The van der Waals surface area contributed by atoms with Crippen LogP contribution in [-0.2, 0) is 0 Å². The molecule has 1 amide bonds. The van der Waals surface area contributed by atoms with E-state index < -0.39 is 0 Å². The van der Waals surface area contributed by atoms with Gasteiger partial charge in [0, 0.05) is 18.7 Å². The highest BCUT2D eigenvalue weighted by atomic mass is 16.2. The maximum Gasteiger partial charge on any atom is 0.253 e. The van der Waals surface area contributed by atoms with Crippen LogP contribution in [0.15, 0.2) is 42.5 Å². The lowest BCUT2D eigenvalue weighted by Gasteiger charge is -2.32. The number of carbonyl (C=O) groups excluding carboxylic acids is 1. The number of carbonyl (C=O) groups is 1. The molecule has 0 bridgehead atoms. The molecule has 2 heteroatoms. The molecule has 1 aliphatic heterocycles. The highest BCUT2D eigenvalue weighted by Gasteiger charge is 2.23. The summed E-state index contributed by atoms with van der Waals surface area (Å²) in [5.41, 5.74) is 0.825. The van der Waals surface area contributed by atoms with Gasteiger partial charge in [0.15, 0.2) is 0 Å². The Hall–Kier alpha value is -1.83. The van der Waals surface area contributed by atoms with Gasteiger partial charge in [0.2, 0.25) is 0 Å². The molecule has 2 nitrogen and oxygen atoms in total. The average molecular weight is 295 g/mol. The number of unbranched alkanes of at least 4 members (excludes halogenated alkanes) is 1. The van der Waals surface area contributed by atoms with Gasteiger partial charge in [-0.1, -0.05) is 56.5 Å². The Labute approximate surface area is 133 Å². The molecule has 0 spiro atoms. The molecule has 0 aliphatic carbocycles. The topological polar surface area (TPSA) is 20.3 Å². The van der Waals surface area contributed by atoms with Gasteiger partial charge in [-0.05, 0) is 41.7 Å². The quantitative estimate of drug-likeness (QED) is 0.787. The van der Waals surface area contributed by atoms with Crippen molar-refractivity contribution in [2.45, 2.75) is 39.0 Å². The van der Waals surface area contributed by atoms with Crippen LogP contribution in [0.4, 0.5) is 0 Å². The van der Waals surface area contributed by atoms with Crippen molar-refractivity contribution in [1.29, 1.82) is 0 Å². The highest BCUT2D eigenvalue weighted by molar-refractivity contribution is 5.98. The molecule has 0 atom stereocenters. The highest BCUT2D eigenvalue weighted by Crippen LogP contribution is 2.24. The van der Waals surface area contributed by atoms with Crippen LogP contribution in [-0.4, -0.2) is 23.9 Å². The summed E-state index contributed by atoms with van der Waals surface area (Å²) in [6.07, 6.45) is 6.26. The predicted octanol–water partition coefficient (Wildman–Crippen LogP) is 4.88. The Morgan fingerprint density at radius 2 is 1.82 bits per heavy atom. The number of piperidine rings is 1. The summed E-state index contributed by atoms with van der Waals surface area (Å²) < 4.78 is 0. The fourth-order valence-electron chi connectivity index (χ4n) is 3.42. The third kappa shape index (κ3) is 3.32. The monoisotopic (exact) mass is 295 g/mol. The molecular formula is C20H25NO. The fraction of sp³-hybridized carbons (Fsp3) is 0.450. The third-order valence-electron chi connectivity index (χ3n) is 4.86. The van der Waals surface area contributed by atoms with Crippen LogP contribution >= 0.6 is 0 Å². The maximum atomic E-state index is 12.7. The first-order chi connectivity index (χ1) is 10.8. The lowest BCUT2D eigenvalue weighted by Crippen LogP contribution is -2.38. The molecule has 0 radical (unpaired) electrons. The van der Waals surface area contributed by atoms with E-state index in [0.717, 1.165) is 30.0 Å². The largest absolute Gasteiger partial charge is 0.339 e. The number of rotatable bonds is 4. The van der Waals surface area contributed by atoms with Gasteiger partial charge in [-0.25, -0.2) is 0 Å². The van der Waals surface area contributed by atoms with Crippen LogP contribution in [0.25, 0.3) is 10.8 Å². The second kappa shape index (κ2) is 6.95. The molecule has 116 valence electrons. The molecule has 0 N–H and O–H groups in total. The molecule has 0 unspecified atom stereocenters. The molecule has 1 fully saturated rings. The van der Waals surface area contributed by atoms with Gasteiger partial charge < -0.3 is 4.90 Å². The number of hydrogen-bond acceptors (Lipinski definition) is 1. The molecule has 1 saturated heterocycles. The summed E-state index contributed by atoms with van der Waals surface area (Å²) in [4.78, 5) is 14.7. The zero-order chi connectivity index (χ0) is 15.4. The number of likely N-dealkylation sites (tertiary alicyclic amines) is 1. The van der Waals surface area contributed by atoms with Crippen LogP contribution in [0.1, 0.15) is 49.4 Å². The van der Waals surface area contributed by atoms with Crippen molar-refractivity contribution in [3.63, 3.8) is 0 Å². The van der Waals surface area contributed by atoms with Crippen molar-refractivity contribution in [1.82, 2.24) is 4.90 Å². The van der Waals surface area contributed by atoms with E-state index in [9.17, 15) is 4.79 Å². The maximum absolute atomic E-state index is 12.7. The second-order valence-corrected chi connectivity index (χ2v) is 6.44. The van der Waals surface area contributed by atoms with Gasteiger partial charge in [0.1, 0.15) is 0 Å². The molecule has 2 aromatic carbocycles. The van der Waals surface area contributed by atoms with Crippen LogP contribution in [0.5, 0.6) is 0 Å². The van der Waals surface area contributed by atoms with Gasteiger partial charge in [0.05, 0.1) is 0 Å². The first-order valence-corrected chi connectivity index (χ1v) is 8.56. The summed E-state index contributed by atoms with van der Waals surface area (Å²) in [5.74, 6) is 1.01. The van der Waals surface area contributed by atoms with Crippen LogP contribution in [0, 0.1) is 5.92 Å². The van der Waals surface area contributed by atoms with E-state index in [1.54, 1.807) is 0 Å². The average Bonchev–Trinajstić information content (AvgIpc) is 2.59. The van der Waals surface area contributed by atoms with E-state index >= 15 is 0 Å². The Balaban J connectivity index is 1.66. The summed E-state index contributed by atoms with van der Waals surface area (Å²) in [6, 6.07) is 14.3. The number of amides is 1. The minimum Gasteiger partial charge on any atom is -0.339 e. The first-order valence-electron chi connectivity index (χ1n) is 8.56. The normalized spacial score (nSPS) is 16.1. The number of fused-ring (bicyclic) bond motifs is 1. The van der Waals surface area contributed by atoms with Crippen molar-refractivity contribution in [3.8, 4) is 0 Å². The second-order valence-electron chi connectivity index (χ2n) is 6.44. The Morgan fingerprint density at radius 1 is 1.09 bits per heavy atom. The van der Waals surface area contributed by atoms with E-state index in [1.807, 2.05) is 29.2 Å². The fourth-order valence-corrected chi connectivity index (χ4v) is 3.42. The van der Waals surface area contributed by atoms with Gasteiger partial charge in [-0.3, -0.25) is 4.79 Å². The van der Waals surface area contributed by atoms with E-state index in [-0.39, 0.29) is 5.91 Å². The number of benzene rings is 2. The molecule has 3 rings (SSSR count). The summed E-state index contributed by atoms with van der Waals surface area (Å²) in [6.45, 7) is 4.08. The van der Waals surface area contributed by atoms with E-state index in [2.05, 4.69) is 25.1 Å². The summed E-state index contributed by atoms with van der Waals surface area (Å²) in [5, 5.41) is 2.34. The SMILES string of the molecule is CCCCC1CCN(C(=O)c2ccc3ccccc3c2)CC1. The Morgan fingerprint density at radius 3 is 2.55 bits per heavy atom. The minimum atomic E-state index is 0.194. The lowest BCUT2D eigenvalue weighted by molar-refractivity contribution is 0.0686.